The normalized spacial score (nSPS) is 11.7. The Hall–Kier alpha value is -1.22. The Balaban J connectivity index is 2.61. The van der Waals surface area contributed by atoms with Gasteiger partial charge in [-0.15, -0.1) is 0 Å². The fraction of sp³-hybridized carbons (Fsp3) is 0.611. The third kappa shape index (κ3) is 6.38. The molecule has 1 rings (SSSR count). The second kappa shape index (κ2) is 8.28. The molecule has 0 amide bonds. The zero-order chi connectivity index (χ0) is 16.0. The van der Waals surface area contributed by atoms with Crippen molar-refractivity contribution in [1.29, 1.82) is 0 Å². The van der Waals surface area contributed by atoms with Gasteiger partial charge in [0.1, 0.15) is 5.82 Å². The van der Waals surface area contributed by atoms with E-state index in [0.29, 0.717) is 29.4 Å². The molecule has 1 aromatic rings. The summed E-state index contributed by atoms with van der Waals surface area (Å²) in [7, 11) is 0. The van der Waals surface area contributed by atoms with Crippen LogP contribution in [0, 0.1) is 24.6 Å². The smallest absolute Gasteiger partial charge is 0.164 e. The summed E-state index contributed by atoms with van der Waals surface area (Å²) in [5, 5.41) is 0. The van der Waals surface area contributed by atoms with Crippen molar-refractivity contribution in [1.82, 2.24) is 4.90 Å². The highest BCUT2D eigenvalue weighted by Crippen LogP contribution is 2.12. The van der Waals surface area contributed by atoms with Crippen LogP contribution in [-0.2, 0) is 0 Å². The van der Waals surface area contributed by atoms with Gasteiger partial charge in [-0.2, -0.15) is 0 Å². The first kappa shape index (κ1) is 17.8. The van der Waals surface area contributed by atoms with E-state index < -0.39 is 0 Å². The molecule has 0 heterocycles. The molecule has 21 heavy (non-hydrogen) atoms. The number of nitrogens with zero attached hydrogens (tertiary/aromatic N) is 1. The first-order valence-corrected chi connectivity index (χ1v) is 7.81. The molecular weight excluding hydrogens is 265 g/mol. The van der Waals surface area contributed by atoms with Crippen LogP contribution in [0.25, 0.3) is 0 Å². The van der Waals surface area contributed by atoms with Crippen molar-refractivity contribution in [2.75, 3.05) is 19.6 Å². The number of carbonyl (C=O) groups excluding carboxylic acids is 1. The molecule has 0 bridgehead atoms. The third-order valence-corrected chi connectivity index (χ3v) is 3.40. The summed E-state index contributed by atoms with van der Waals surface area (Å²) in [6.07, 6.45) is 0.446. The van der Waals surface area contributed by atoms with Gasteiger partial charge >= 0.3 is 0 Å². The number of halogens is 1. The number of ketones is 1. The Kier molecular flexibility index (Phi) is 7.03. The van der Waals surface area contributed by atoms with Crippen LogP contribution in [0.4, 0.5) is 4.39 Å². The van der Waals surface area contributed by atoms with Crippen molar-refractivity contribution in [3.05, 3.63) is 35.1 Å². The Bertz CT molecular complexity index is 458. The standard InChI is InChI=1S/C18H28FNO/c1-13(2)11-20(12-14(3)4)9-8-18(21)16-7-6-15(5)17(19)10-16/h6-7,10,13-14H,8-9,11-12H2,1-5H3. The van der Waals surface area contributed by atoms with Crippen molar-refractivity contribution in [2.45, 2.75) is 41.0 Å². The summed E-state index contributed by atoms with van der Waals surface area (Å²) in [4.78, 5) is 14.5. The van der Waals surface area contributed by atoms with Gasteiger partial charge in [-0.3, -0.25) is 4.79 Å². The van der Waals surface area contributed by atoms with E-state index in [2.05, 4.69) is 32.6 Å². The Morgan fingerprint density at radius 3 is 2.19 bits per heavy atom. The zero-order valence-corrected chi connectivity index (χ0v) is 13.9. The largest absolute Gasteiger partial charge is 0.302 e. The maximum atomic E-state index is 13.5. The van der Waals surface area contributed by atoms with Crippen LogP contribution in [-0.4, -0.2) is 30.3 Å². The van der Waals surface area contributed by atoms with E-state index in [0.717, 1.165) is 19.6 Å². The van der Waals surface area contributed by atoms with E-state index in [1.807, 2.05) is 0 Å². The molecule has 118 valence electrons. The summed E-state index contributed by atoms with van der Waals surface area (Å²) in [5.74, 6) is 0.875. The Morgan fingerprint density at radius 2 is 1.71 bits per heavy atom. The minimum atomic E-state index is -0.304. The highest BCUT2D eigenvalue weighted by Gasteiger charge is 2.13. The monoisotopic (exact) mass is 293 g/mol. The topological polar surface area (TPSA) is 20.3 Å². The first-order valence-electron chi connectivity index (χ1n) is 7.81. The van der Waals surface area contributed by atoms with Crippen molar-refractivity contribution < 1.29 is 9.18 Å². The molecule has 2 nitrogen and oxygen atoms in total. The summed E-state index contributed by atoms with van der Waals surface area (Å²) in [6, 6.07) is 4.74. The molecule has 0 aromatic heterocycles. The number of Topliss-reactive ketones (excluding diaryl/α,β-unsaturated/α-hetero) is 1. The summed E-state index contributed by atoms with van der Waals surface area (Å²) < 4.78 is 13.5. The molecular formula is C18H28FNO. The van der Waals surface area contributed by atoms with Crippen LogP contribution >= 0.6 is 0 Å². The molecule has 0 saturated heterocycles. The molecule has 3 heteroatoms. The lowest BCUT2D eigenvalue weighted by molar-refractivity contribution is 0.0956. The highest BCUT2D eigenvalue weighted by atomic mass is 19.1. The molecule has 0 atom stereocenters. The molecule has 1 aromatic carbocycles. The van der Waals surface area contributed by atoms with Gasteiger partial charge in [-0.25, -0.2) is 4.39 Å². The maximum absolute atomic E-state index is 13.5. The predicted octanol–water partition coefficient (Wildman–Crippen LogP) is 4.32. The van der Waals surface area contributed by atoms with Crippen molar-refractivity contribution in [2.24, 2.45) is 11.8 Å². The Labute approximate surface area is 128 Å². The molecule has 0 spiro atoms. The van der Waals surface area contributed by atoms with Crippen molar-refractivity contribution in [3.63, 3.8) is 0 Å². The molecule has 0 unspecified atom stereocenters. The molecule has 0 radical (unpaired) electrons. The number of aryl methyl sites for hydroxylation is 1. The Morgan fingerprint density at radius 1 is 1.14 bits per heavy atom. The zero-order valence-electron chi connectivity index (χ0n) is 13.9. The SMILES string of the molecule is Cc1ccc(C(=O)CCN(CC(C)C)CC(C)C)cc1F. The van der Waals surface area contributed by atoms with E-state index in [1.165, 1.54) is 6.07 Å². The van der Waals surface area contributed by atoms with Gasteiger partial charge in [0.05, 0.1) is 0 Å². The second-order valence-corrected chi connectivity index (χ2v) is 6.68. The van der Waals surface area contributed by atoms with Gasteiger partial charge in [-0.05, 0) is 30.4 Å². The average molecular weight is 293 g/mol. The maximum Gasteiger partial charge on any atom is 0.164 e. The molecule has 0 aliphatic carbocycles. The predicted molar refractivity (Wildman–Crippen MR) is 86.2 cm³/mol. The first-order chi connectivity index (χ1) is 9.79. The number of hydrogen-bond donors (Lipinski definition) is 0. The van der Waals surface area contributed by atoms with E-state index in [9.17, 15) is 9.18 Å². The number of carbonyl (C=O) groups is 1. The van der Waals surface area contributed by atoms with Gasteiger partial charge in [0.2, 0.25) is 0 Å². The lowest BCUT2D eigenvalue weighted by Crippen LogP contribution is -2.33. The quantitative estimate of drug-likeness (QED) is 0.665. The fourth-order valence-electron chi connectivity index (χ4n) is 2.46. The second-order valence-electron chi connectivity index (χ2n) is 6.68. The molecule has 0 aliphatic rings. The highest BCUT2D eigenvalue weighted by molar-refractivity contribution is 5.96. The number of rotatable bonds is 8. The van der Waals surface area contributed by atoms with Gasteiger partial charge < -0.3 is 4.90 Å². The molecule has 0 N–H and O–H groups in total. The van der Waals surface area contributed by atoms with Crippen LogP contribution in [0.15, 0.2) is 18.2 Å². The average Bonchev–Trinajstić information content (AvgIpc) is 2.37. The minimum Gasteiger partial charge on any atom is -0.302 e. The van der Waals surface area contributed by atoms with Gasteiger partial charge in [0.15, 0.2) is 5.78 Å². The summed E-state index contributed by atoms with van der Waals surface area (Å²) in [6.45, 7) is 13.2. The summed E-state index contributed by atoms with van der Waals surface area (Å²) >= 11 is 0. The van der Waals surface area contributed by atoms with Crippen LogP contribution in [0.5, 0.6) is 0 Å². The molecule has 0 fully saturated rings. The number of benzene rings is 1. The van der Waals surface area contributed by atoms with Crippen LogP contribution in [0.1, 0.15) is 50.0 Å². The van der Waals surface area contributed by atoms with Crippen LogP contribution in [0.3, 0.4) is 0 Å². The van der Waals surface area contributed by atoms with Gasteiger partial charge in [0, 0.05) is 31.6 Å². The van der Waals surface area contributed by atoms with Crippen LogP contribution in [0.2, 0.25) is 0 Å². The van der Waals surface area contributed by atoms with Crippen molar-refractivity contribution in [3.8, 4) is 0 Å². The lowest BCUT2D eigenvalue weighted by atomic mass is 10.0. The minimum absolute atomic E-state index is 0.0198. The lowest BCUT2D eigenvalue weighted by Gasteiger charge is -2.25. The van der Waals surface area contributed by atoms with Crippen LogP contribution < -0.4 is 0 Å². The summed E-state index contributed by atoms with van der Waals surface area (Å²) in [5.41, 5.74) is 1.06. The third-order valence-electron chi connectivity index (χ3n) is 3.40. The van der Waals surface area contributed by atoms with E-state index in [1.54, 1.807) is 19.1 Å². The van der Waals surface area contributed by atoms with Crippen molar-refractivity contribution >= 4 is 5.78 Å². The fourth-order valence-corrected chi connectivity index (χ4v) is 2.46. The van der Waals surface area contributed by atoms with Gasteiger partial charge in [0.25, 0.3) is 0 Å². The molecule has 0 saturated carbocycles. The van der Waals surface area contributed by atoms with Gasteiger partial charge in [-0.1, -0.05) is 39.8 Å². The number of hydrogen-bond acceptors (Lipinski definition) is 2. The van der Waals surface area contributed by atoms with E-state index in [-0.39, 0.29) is 11.6 Å². The van der Waals surface area contributed by atoms with E-state index in [4.69, 9.17) is 0 Å². The molecule has 0 aliphatic heterocycles. The van der Waals surface area contributed by atoms with E-state index >= 15 is 0 Å².